The first kappa shape index (κ1) is 12.7. The van der Waals surface area contributed by atoms with Gasteiger partial charge in [0, 0.05) is 18.9 Å². The molecule has 0 aliphatic carbocycles. The van der Waals surface area contributed by atoms with Crippen LogP contribution in [0.2, 0.25) is 0 Å². The van der Waals surface area contributed by atoms with Gasteiger partial charge in [0.25, 0.3) is 5.88 Å². The first-order valence-electron chi connectivity index (χ1n) is 5.47. The number of nitro groups is 1. The van der Waals surface area contributed by atoms with Gasteiger partial charge in [-0.2, -0.15) is 10.1 Å². The van der Waals surface area contributed by atoms with E-state index in [1.807, 2.05) is 0 Å². The largest absolute Gasteiger partial charge is 0.476 e. The van der Waals surface area contributed by atoms with Crippen LogP contribution in [-0.4, -0.2) is 38.3 Å². The Hall–Kier alpha value is -2.71. The molecule has 19 heavy (non-hydrogen) atoms. The molecule has 0 spiro atoms. The molecule has 0 radical (unpaired) electrons. The molecule has 0 aromatic carbocycles. The molecule has 2 aromatic rings. The van der Waals surface area contributed by atoms with Gasteiger partial charge < -0.3 is 10.1 Å². The van der Waals surface area contributed by atoms with Crippen LogP contribution >= 0.6 is 0 Å². The van der Waals surface area contributed by atoms with Crippen molar-refractivity contribution in [2.75, 3.05) is 19.0 Å². The Balaban J connectivity index is 2.09. The molecular weight excluding hydrogens is 252 g/mol. The van der Waals surface area contributed by atoms with Crippen LogP contribution in [0.5, 0.6) is 5.88 Å². The average molecular weight is 264 g/mol. The maximum absolute atomic E-state index is 11.0. The maximum atomic E-state index is 11.0. The molecule has 0 atom stereocenters. The molecule has 0 bridgehead atoms. The highest BCUT2D eigenvalue weighted by Gasteiger charge is 2.23. The SMILES string of the molecule is COc1ncnc(NCCn2cccn2)c1[N+](=O)[O-]. The van der Waals surface area contributed by atoms with Gasteiger partial charge in [0.2, 0.25) is 5.82 Å². The molecule has 2 aromatic heterocycles. The Bertz CT molecular complexity index is 556. The van der Waals surface area contributed by atoms with E-state index < -0.39 is 4.92 Å². The monoisotopic (exact) mass is 264 g/mol. The number of nitrogens with zero attached hydrogens (tertiary/aromatic N) is 5. The zero-order valence-corrected chi connectivity index (χ0v) is 10.2. The van der Waals surface area contributed by atoms with Crippen molar-refractivity contribution in [2.45, 2.75) is 6.54 Å². The third-order valence-electron chi connectivity index (χ3n) is 2.36. The second kappa shape index (κ2) is 5.76. The number of ether oxygens (including phenoxy) is 1. The van der Waals surface area contributed by atoms with E-state index >= 15 is 0 Å². The highest BCUT2D eigenvalue weighted by Crippen LogP contribution is 2.29. The lowest BCUT2D eigenvalue weighted by atomic mass is 10.4. The van der Waals surface area contributed by atoms with Crippen molar-refractivity contribution in [2.24, 2.45) is 0 Å². The average Bonchev–Trinajstić information content (AvgIpc) is 2.91. The van der Waals surface area contributed by atoms with Crippen LogP contribution in [0, 0.1) is 10.1 Å². The van der Waals surface area contributed by atoms with E-state index in [2.05, 4.69) is 20.4 Å². The van der Waals surface area contributed by atoms with Crippen molar-refractivity contribution >= 4 is 11.5 Å². The normalized spacial score (nSPS) is 10.2. The third kappa shape index (κ3) is 2.94. The van der Waals surface area contributed by atoms with Gasteiger partial charge in [0.15, 0.2) is 0 Å². The number of hydrogen-bond donors (Lipinski definition) is 1. The quantitative estimate of drug-likeness (QED) is 0.604. The minimum Gasteiger partial charge on any atom is -0.476 e. The molecule has 0 unspecified atom stereocenters. The van der Waals surface area contributed by atoms with E-state index in [4.69, 9.17) is 4.74 Å². The summed E-state index contributed by atoms with van der Waals surface area (Å²) < 4.78 is 6.55. The van der Waals surface area contributed by atoms with Crippen molar-refractivity contribution in [1.82, 2.24) is 19.7 Å². The summed E-state index contributed by atoms with van der Waals surface area (Å²) in [5, 5.41) is 17.9. The molecule has 0 aliphatic rings. The summed E-state index contributed by atoms with van der Waals surface area (Å²) in [5.41, 5.74) is -0.273. The number of rotatable bonds is 6. The summed E-state index contributed by atoms with van der Waals surface area (Å²) in [4.78, 5) is 18.0. The Kier molecular flexibility index (Phi) is 3.86. The summed E-state index contributed by atoms with van der Waals surface area (Å²) in [7, 11) is 1.32. The molecule has 0 aliphatic heterocycles. The first-order chi connectivity index (χ1) is 9.22. The van der Waals surface area contributed by atoms with E-state index in [1.165, 1.54) is 13.4 Å². The predicted octanol–water partition coefficient (Wildman–Crippen LogP) is 0.702. The molecule has 0 amide bonds. The topological polar surface area (TPSA) is 108 Å². The summed E-state index contributed by atoms with van der Waals surface area (Å²) in [5.74, 6) is 0.0607. The molecule has 2 heterocycles. The maximum Gasteiger partial charge on any atom is 0.372 e. The van der Waals surface area contributed by atoms with Crippen LogP contribution < -0.4 is 10.1 Å². The summed E-state index contributed by atoms with van der Waals surface area (Å²) in [6.45, 7) is 1.01. The molecule has 9 heteroatoms. The van der Waals surface area contributed by atoms with Crippen LogP contribution in [0.3, 0.4) is 0 Å². The standard InChI is InChI=1S/C10H12N6O3/c1-19-10-8(16(17)18)9(12-7-13-10)11-4-6-15-5-2-3-14-15/h2-3,5,7H,4,6H2,1H3,(H,11,12,13). The lowest BCUT2D eigenvalue weighted by Gasteiger charge is -2.07. The Labute approximate surface area is 108 Å². The van der Waals surface area contributed by atoms with E-state index in [9.17, 15) is 10.1 Å². The van der Waals surface area contributed by atoms with E-state index in [-0.39, 0.29) is 17.4 Å². The number of anilines is 1. The highest BCUT2D eigenvalue weighted by molar-refractivity contribution is 5.60. The molecule has 0 saturated heterocycles. The van der Waals surface area contributed by atoms with Crippen LogP contribution in [0.1, 0.15) is 0 Å². The Morgan fingerprint density at radius 1 is 1.53 bits per heavy atom. The van der Waals surface area contributed by atoms with E-state index in [0.29, 0.717) is 13.1 Å². The van der Waals surface area contributed by atoms with Gasteiger partial charge in [-0.15, -0.1) is 0 Å². The van der Waals surface area contributed by atoms with Crippen LogP contribution in [0.15, 0.2) is 24.8 Å². The molecule has 0 fully saturated rings. The van der Waals surface area contributed by atoms with Crippen molar-refractivity contribution in [3.63, 3.8) is 0 Å². The van der Waals surface area contributed by atoms with Crippen LogP contribution in [0.25, 0.3) is 0 Å². The number of hydrogen-bond acceptors (Lipinski definition) is 7. The summed E-state index contributed by atoms with van der Waals surface area (Å²) in [6, 6.07) is 1.80. The highest BCUT2D eigenvalue weighted by atomic mass is 16.6. The van der Waals surface area contributed by atoms with Crippen molar-refractivity contribution < 1.29 is 9.66 Å². The molecule has 0 saturated carbocycles. The molecule has 100 valence electrons. The predicted molar refractivity (Wildman–Crippen MR) is 66.0 cm³/mol. The van der Waals surface area contributed by atoms with E-state index in [1.54, 1.807) is 23.1 Å². The van der Waals surface area contributed by atoms with Crippen molar-refractivity contribution in [3.8, 4) is 5.88 Å². The minimum atomic E-state index is -0.574. The summed E-state index contributed by atoms with van der Waals surface area (Å²) in [6.07, 6.45) is 4.68. The Morgan fingerprint density at radius 2 is 2.37 bits per heavy atom. The molecular formula is C10H12N6O3. The fourth-order valence-electron chi connectivity index (χ4n) is 1.53. The van der Waals surface area contributed by atoms with Crippen LogP contribution in [0.4, 0.5) is 11.5 Å². The minimum absolute atomic E-state index is 0.0680. The fraction of sp³-hybridized carbons (Fsp3) is 0.300. The van der Waals surface area contributed by atoms with Gasteiger partial charge in [-0.3, -0.25) is 14.8 Å². The number of aromatic nitrogens is 4. The first-order valence-corrected chi connectivity index (χ1v) is 5.47. The molecule has 9 nitrogen and oxygen atoms in total. The fourth-order valence-corrected chi connectivity index (χ4v) is 1.53. The molecule has 2 rings (SSSR count). The zero-order chi connectivity index (χ0) is 13.7. The van der Waals surface area contributed by atoms with Crippen molar-refractivity contribution in [3.05, 3.63) is 34.9 Å². The zero-order valence-electron chi connectivity index (χ0n) is 10.2. The second-order valence-corrected chi connectivity index (χ2v) is 3.53. The lowest BCUT2D eigenvalue weighted by molar-refractivity contribution is -0.385. The Morgan fingerprint density at radius 3 is 3.00 bits per heavy atom. The van der Waals surface area contributed by atoms with Gasteiger partial charge in [-0.05, 0) is 6.07 Å². The van der Waals surface area contributed by atoms with Gasteiger partial charge in [0.1, 0.15) is 6.33 Å². The van der Waals surface area contributed by atoms with Crippen LogP contribution in [-0.2, 0) is 6.54 Å². The van der Waals surface area contributed by atoms with Crippen molar-refractivity contribution in [1.29, 1.82) is 0 Å². The second-order valence-electron chi connectivity index (χ2n) is 3.53. The summed E-state index contributed by atoms with van der Waals surface area (Å²) >= 11 is 0. The van der Waals surface area contributed by atoms with Gasteiger partial charge in [-0.25, -0.2) is 4.98 Å². The smallest absolute Gasteiger partial charge is 0.372 e. The van der Waals surface area contributed by atoms with Gasteiger partial charge in [0.05, 0.1) is 18.6 Å². The van der Waals surface area contributed by atoms with Gasteiger partial charge >= 0.3 is 5.69 Å². The van der Waals surface area contributed by atoms with Gasteiger partial charge in [-0.1, -0.05) is 0 Å². The lowest BCUT2D eigenvalue weighted by Crippen LogP contribution is -2.13. The van der Waals surface area contributed by atoms with E-state index in [0.717, 1.165) is 0 Å². The third-order valence-corrected chi connectivity index (χ3v) is 2.36. The number of methoxy groups -OCH3 is 1. The molecule has 1 N–H and O–H groups in total. The number of nitrogens with one attached hydrogen (secondary N) is 1.